The van der Waals surface area contributed by atoms with E-state index < -0.39 is 0 Å². The van der Waals surface area contributed by atoms with Gasteiger partial charge in [0.25, 0.3) is 0 Å². The fourth-order valence-electron chi connectivity index (χ4n) is 7.36. The minimum Gasteiger partial charge on any atom is -0.352 e. The maximum atomic E-state index is 13.6. The van der Waals surface area contributed by atoms with E-state index in [2.05, 4.69) is 48.8 Å². The zero-order chi connectivity index (χ0) is 33.7. The molecule has 0 bridgehead atoms. The van der Waals surface area contributed by atoms with Gasteiger partial charge in [0.05, 0.1) is 23.8 Å². The molecule has 48 heavy (non-hydrogen) atoms. The molecule has 0 aliphatic carbocycles. The van der Waals surface area contributed by atoms with Gasteiger partial charge in [0.2, 0.25) is 5.91 Å². The summed E-state index contributed by atoms with van der Waals surface area (Å²) < 4.78 is 1.90. The molecule has 3 aliphatic heterocycles. The first-order chi connectivity index (χ1) is 23.2. The first kappa shape index (κ1) is 34.1. The fraction of sp³-hybridized carbons (Fsp3) is 0.667. The van der Waals surface area contributed by atoms with Gasteiger partial charge in [-0.1, -0.05) is 40.2 Å². The number of rotatable bonds is 10. The average molecular weight is 659 g/mol. The SMILES string of the molecule is CCCc1cccc(Cn2ncc3c(N4CCN(C(=O)N5CCC(CN(CCN6CCCC6)C(=O)C(C)(C)C)CC5)CC4)ncnc32)n1. The number of piperidine rings is 1. The Labute approximate surface area is 285 Å². The third kappa shape index (κ3) is 8.07. The molecule has 3 aliphatic rings. The van der Waals surface area contributed by atoms with Crippen LogP contribution in [0.25, 0.3) is 11.0 Å². The zero-order valence-corrected chi connectivity index (χ0v) is 29.5. The summed E-state index contributed by atoms with van der Waals surface area (Å²) in [6, 6.07) is 6.29. The van der Waals surface area contributed by atoms with Crippen LogP contribution in [0, 0.1) is 11.3 Å². The lowest BCUT2D eigenvalue weighted by Gasteiger charge is -2.41. The van der Waals surface area contributed by atoms with Crippen LogP contribution in [-0.4, -0.2) is 128 Å². The van der Waals surface area contributed by atoms with Gasteiger partial charge in [0.15, 0.2) is 5.65 Å². The van der Waals surface area contributed by atoms with Crippen molar-refractivity contribution in [2.45, 2.75) is 72.8 Å². The van der Waals surface area contributed by atoms with Crippen LogP contribution in [0.15, 0.2) is 30.7 Å². The Hall–Kier alpha value is -3.80. The van der Waals surface area contributed by atoms with Gasteiger partial charge in [-0.15, -0.1) is 0 Å². The minimum absolute atomic E-state index is 0.128. The second-order valence-electron chi connectivity index (χ2n) is 14.8. The molecule has 0 unspecified atom stereocenters. The highest BCUT2D eigenvalue weighted by molar-refractivity contribution is 5.87. The minimum atomic E-state index is -0.389. The van der Waals surface area contributed by atoms with Crippen molar-refractivity contribution in [1.82, 2.24) is 44.3 Å². The second kappa shape index (κ2) is 15.2. The molecule has 0 aromatic carbocycles. The highest BCUT2D eigenvalue weighted by Crippen LogP contribution is 2.26. The van der Waals surface area contributed by atoms with Crippen LogP contribution in [0.2, 0.25) is 0 Å². The van der Waals surface area contributed by atoms with Crippen LogP contribution in [0.3, 0.4) is 0 Å². The van der Waals surface area contributed by atoms with Crippen molar-refractivity contribution < 1.29 is 9.59 Å². The summed E-state index contributed by atoms with van der Waals surface area (Å²) in [7, 11) is 0. The molecule has 6 heterocycles. The van der Waals surface area contributed by atoms with Crippen molar-refractivity contribution in [2.24, 2.45) is 11.3 Å². The Morgan fingerprint density at radius 2 is 1.62 bits per heavy atom. The van der Waals surface area contributed by atoms with E-state index in [1.165, 1.54) is 12.8 Å². The number of nitrogens with zero attached hydrogens (tertiary/aromatic N) is 10. The molecular weight excluding hydrogens is 604 g/mol. The lowest BCUT2D eigenvalue weighted by molar-refractivity contribution is -0.140. The van der Waals surface area contributed by atoms with E-state index in [0.29, 0.717) is 38.6 Å². The van der Waals surface area contributed by atoms with Gasteiger partial charge >= 0.3 is 6.03 Å². The third-order valence-corrected chi connectivity index (χ3v) is 10.1. The number of piperazine rings is 1. The van der Waals surface area contributed by atoms with Gasteiger partial charge in [0, 0.05) is 70.0 Å². The molecule has 3 aromatic rings. The Morgan fingerprint density at radius 3 is 2.33 bits per heavy atom. The Bertz CT molecular complexity index is 1530. The number of aryl methyl sites for hydroxylation is 1. The summed E-state index contributed by atoms with van der Waals surface area (Å²) >= 11 is 0. The molecule has 0 saturated carbocycles. The quantitative estimate of drug-likeness (QED) is 0.320. The van der Waals surface area contributed by atoms with E-state index in [1.807, 2.05) is 47.5 Å². The predicted molar refractivity (Wildman–Crippen MR) is 188 cm³/mol. The topological polar surface area (TPSA) is 107 Å². The molecule has 12 heteroatoms. The van der Waals surface area contributed by atoms with Crippen molar-refractivity contribution in [3.05, 3.63) is 42.1 Å². The molecule has 3 fully saturated rings. The van der Waals surface area contributed by atoms with E-state index in [4.69, 9.17) is 4.98 Å². The normalized spacial score (nSPS) is 18.2. The van der Waals surface area contributed by atoms with E-state index in [9.17, 15) is 9.59 Å². The monoisotopic (exact) mass is 658 g/mol. The molecule has 0 atom stereocenters. The smallest absolute Gasteiger partial charge is 0.320 e. The zero-order valence-electron chi connectivity index (χ0n) is 29.5. The van der Waals surface area contributed by atoms with Gasteiger partial charge in [-0.05, 0) is 63.2 Å². The molecule has 0 N–H and O–H groups in total. The molecule has 3 aromatic heterocycles. The number of pyridine rings is 1. The van der Waals surface area contributed by atoms with E-state index in [-0.39, 0.29) is 17.4 Å². The van der Waals surface area contributed by atoms with Crippen molar-refractivity contribution in [1.29, 1.82) is 0 Å². The molecule has 260 valence electrons. The number of hydrogen-bond acceptors (Lipinski definition) is 8. The fourth-order valence-corrected chi connectivity index (χ4v) is 7.36. The summed E-state index contributed by atoms with van der Waals surface area (Å²) in [6.45, 7) is 17.8. The summed E-state index contributed by atoms with van der Waals surface area (Å²) in [5, 5.41) is 5.57. The number of urea groups is 1. The average Bonchev–Trinajstić information content (AvgIpc) is 3.77. The van der Waals surface area contributed by atoms with Crippen molar-refractivity contribution in [3.63, 3.8) is 0 Å². The molecule has 3 saturated heterocycles. The Morgan fingerprint density at radius 1 is 0.917 bits per heavy atom. The van der Waals surface area contributed by atoms with Crippen LogP contribution in [0.1, 0.15) is 71.2 Å². The maximum Gasteiger partial charge on any atom is 0.320 e. The van der Waals surface area contributed by atoms with Crippen LogP contribution in [0.5, 0.6) is 0 Å². The predicted octanol–water partition coefficient (Wildman–Crippen LogP) is 4.15. The number of amides is 3. The molecule has 0 spiro atoms. The van der Waals surface area contributed by atoms with E-state index >= 15 is 0 Å². The number of anilines is 1. The first-order valence-corrected chi connectivity index (χ1v) is 18.1. The van der Waals surface area contributed by atoms with Gasteiger partial charge in [-0.2, -0.15) is 5.10 Å². The molecule has 12 nitrogen and oxygen atoms in total. The van der Waals surface area contributed by atoms with Crippen molar-refractivity contribution in [3.8, 4) is 0 Å². The molecule has 6 rings (SSSR count). The Balaban J connectivity index is 1.01. The number of likely N-dealkylation sites (tertiary alicyclic amines) is 2. The summed E-state index contributed by atoms with van der Waals surface area (Å²) in [6.07, 6.45) is 9.88. The summed E-state index contributed by atoms with van der Waals surface area (Å²) in [5.74, 6) is 1.53. The summed E-state index contributed by atoms with van der Waals surface area (Å²) in [4.78, 5) is 51.8. The lowest BCUT2D eigenvalue weighted by Crippen LogP contribution is -2.55. The number of hydrogen-bond donors (Lipinski definition) is 0. The molecule has 0 radical (unpaired) electrons. The van der Waals surface area contributed by atoms with Gasteiger partial charge in [0.1, 0.15) is 12.1 Å². The van der Waals surface area contributed by atoms with Crippen molar-refractivity contribution in [2.75, 3.05) is 76.9 Å². The molecule has 3 amide bonds. The van der Waals surface area contributed by atoms with Gasteiger partial charge < -0.3 is 24.5 Å². The highest BCUT2D eigenvalue weighted by atomic mass is 16.2. The van der Waals surface area contributed by atoms with Crippen LogP contribution in [-0.2, 0) is 17.8 Å². The van der Waals surface area contributed by atoms with Crippen molar-refractivity contribution >= 4 is 28.8 Å². The number of aromatic nitrogens is 5. The first-order valence-electron chi connectivity index (χ1n) is 18.1. The van der Waals surface area contributed by atoms with Gasteiger partial charge in [-0.3, -0.25) is 9.78 Å². The van der Waals surface area contributed by atoms with E-state index in [0.717, 1.165) is 99.7 Å². The van der Waals surface area contributed by atoms with Crippen LogP contribution >= 0.6 is 0 Å². The standard InChI is InChI=1S/C36H54N10O2/c1-5-9-29-10-8-11-30(40-29)26-46-33-31(24-39-46)32(37-27-38-33)42-20-22-44(23-21-42)35(48)43-16-12-28(13-17-43)25-45(34(47)36(2,3)4)19-18-41-14-6-7-15-41/h8,10-11,24,27-28H,5-7,9,12-23,25-26H2,1-4H3. The lowest BCUT2D eigenvalue weighted by atomic mass is 9.92. The van der Waals surface area contributed by atoms with Crippen LogP contribution < -0.4 is 4.90 Å². The highest BCUT2D eigenvalue weighted by Gasteiger charge is 2.33. The Kier molecular flexibility index (Phi) is 10.8. The summed E-state index contributed by atoms with van der Waals surface area (Å²) in [5.41, 5.74) is 2.47. The van der Waals surface area contributed by atoms with E-state index in [1.54, 1.807) is 6.33 Å². The van der Waals surface area contributed by atoms with Gasteiger partial charge in [-0.25, -0.2) is 19.4 Å². The maximum absolute atomic E-state index is 13.6. The third-order valence-electron chi connectivity index (χ3n) is 10.1. The van der Waals surface area contributed by atoms with Crippen LogP contribution in [0.4, 0.5) is 10.6 Å². The number of carbonyl (C=O) groups excluding carboxylic acids is 2. The number of fused-ring (bicyclic) bond motifs is 1. The largest absolute Gasteiger partial charge is 0.352 e. The molecular formula is C36H54N10O2. The second-order valence-corrected chi connectivity index (χ2v) is 14.8. The number of carbonyl (C=O) groups is 2.